The number of methoxy groups -OCH3 is 1. The molecule has 1 rings (SSSR count). The molecule has 0 aromatic heterocycles. The maximum atomic E-state index is 11.6. The van der Waals surface area contributed by atoms with Crippen LogP contribution in [0.3, 0.4) is 0 Å². The summed E-state index contributed by atoms with van der Waals surface area (Å²) in [7, 11) is 1.65. The number of carbonyl (C=O) groups excluding carboxylic acids is 1. The summed E-state index contributed by atoms with van der Waals surface area (Å²) in [6.07, 6.45) is 0.955. The lowest BCUT2D eigenvalue weighted by molar-refractivity contribution is -0.122. The first kappa shape index (κ1) is 14.5. The van der Waals surface area contributed by atoms with Gasteiger partial charge in [0.15, 0.2) is 0 Å². The molecule has 1 unspecified atom stereocenters. The van der Waals surface area contributed by atoms with Crippen molar-refractivity contribution < 1.29 is 9.53 Å². The highest BCUT2D eigenvalue weighted by Crippen LogP contribution is 2.10. The van der Waals surface area contributed by atoms with Gasteiger partial charge in [-0.15, -0.1) is 0 Å². The third-order valence-electron chi connectivity index (χ3n) is 2.71. The summed E-state index contributed by atoms with van der Waals surface area (Å²) in [5, 5.41) is 6.06. The molecule has 4 heteroatoms. The average Bonchev–Trinajstić information content (AvgIpc) is 2.42. The predicted octanol–water partition coefficient (Wildman–Crippen LogP) is 1.70. The second kappa shape index (κ2) is 7.71. The molecular weight excluding hydrogens is 228 g/mol. The van der Waals surface area contributed by atoms with Crippen LogP contribution in [-0.2, 0) is 11.3 Å². The number of ether oxygens (including phenoxy) is 1. The molecule has 1 aromatic rings. The van der Waals surface area contributed by atoms with Crippen LogP contribution in [0.25, 0.3) is 0 Å². The van der Waals surface area contributed by atoms with Gasteiger partial charge in [-0.05, 0) is 31.0 Å². The van der Waals surface area contributed by atoms with Gasteiger partial charge < -0.3 is 15.4 Å². The number of carbonyl (C=O) groups is 1. The van der Waals surface area contributed by atoms with Crippen molar-refractivity contribution in [3.05, 3.63) is 29.8 Å². The molecule has 100 valence electrons. The molecule has 4 nitrogen and oxygen atoms in total. The minimum absolute atomic E-state index is 0.0466. The summed E-state index contributed by atoms with van der Waals surface area (Å²) in [4.78, 5) is 11.6. The Bertz CT molecular complexity index is 363. The Kier molecular flexibility index (Phi) is 6.22. The molecule has 0 spiro atoms. The van der Waals surface area contributed by atoms with Gasteiger partial charge in [0, 0.05) is 13.1 Å². The van der Waals surface area contributed by atoms with Crippen LogP contribution in [0.4, 0.5) is 0 Å². The molecule has 0 aliphatic rings. The fourth-order valence-electron chi connectivity index (χ4n) is 1.51. The lowest BCUT2D eigenvalue weighted by atomic mass is 10.2. The van der Waals surface area contributed by atoms with Gasteiger partial charge in [-0.2, -0.15) is 0 Å². The number of nitrogens with one attached hydrogen (secondary N) is 2. The van der Waals surface area contributed by atoms with Gasteiger partial charge in [0.1, 0.15) is 5.75 Å². The van der Waals surface area contributed by atoms with Crippen molar-refractivity contribution in [1.82, 2.24) is 10.6 Å². The van der Waals surface area contributed by atoms with Gasteiger partial charge in [0.2, 0.25) is 5.91 Å². The van der Waals surface area contributed by atoms with Gasteiger partial charge >= 0.3 is 0 Å². The summed E-state index contributed by atoms with van der Waals surface area (Å²) in [6, 6.07) is 7.63. The van der Waals surface area contributed by atoms with Crippen LogP contribution in [-0.4, -0.2) is 25.6 Å². The first-order valence-corrected chi connectivity index (χ1v) is 6.31. The van der Waals surface area contributed by atoms with Gasteiger partial charge in [0.05, 0.1) is 13.2 Å². The third-order valence-corrected chi connectivity index (χ3v) is 2.71. The molecule has 1 amide bonds. The highest BCUT2D eigenvalue weighted by molar-refractivity contribution is 5.81. The van der Waals surface area contributed by atoms with Crippen molar-refractivity contribution in [2.24, 2.45) is 0 Å². The van der Waals surface area contributed by atoms with E-state index in [1.807, 2.05) is 38.1 Å². The van der Waals surface area contributed by atoms with Crippen molar-refractivity contribution >= 4 is 5.91 Å². The molecule has 0 aliphatic carbocycles. The maximum absolute atomic E-state index is 11.6. The SMILES string of the molecule is CCCNC(=O)C(C)NCc1ccc(OC)cc1. The molecule has 0 saturated heterocycles. The van der Waals surface area contributed by atoms with E-state index in [-0.39, 0.29) is 11.9 Å². The molecule has 18 heavy (non-hydrogen) atoms. The molecule has 0 bridgehead atoms. The zero-order valence-corrected chi connectivity index (χ0v) is 11.3. The summed E-state index contributed by atoms with van der Waals surface area (Å²) < 4.78 is 5.09. The van der Waals surface area contributed by atoms with Crippen molar-refractivity contribution in [1.29, 1.82) is 0 Å². The third kappa shape index (κ3) is 4.75. The van der Waals surface area contributed by atoms with Crippen molar-refractivity contribution in [2.75, 3.05) is 13.7 Å². The minimum Gasteiger partial charge on any atom is -0.497 e. The van der Waals surface area contributed by atoms with E-state index in [0.29, 0.717) is 6.54 Å². The van der Waals surface area contributed by atoms with Crippen LogP contribution in [0.5, 0.6) is 5.75 Å². The second-order valence-corrected chi connectivity index (χ2v) is 4.24. The predicted molar refractivity (Wildman–Crippen MR) is 72.6 cm³/mol. The van der Waals surface area contributed by atoms with Gasteiger partial charge in [-0.1, -0.05) is 19.1 Å². The van der Waals surface area contributed by atoms with Crippen LogP contribution in [0.2, 0.25) is 0 Å². The smallest absolute Gasteiger partial charge is 0.236 e. The van der Waals surface area contributed by atoms with Crippen LogP contribution in [0, 0.1) is 0 Å². The summed E-state index contributed by atoms with van der Waals surface area (Å²) >= 11 is 0. The van der Waals surface area contributed by atoms with E-state index in [1.54, 1.807) is 7.11 Å². The molecule has 2 N–H and O–H groups in total. The Balaban J connectivity index is 2.36. The molecular formula is C14H22N2O2. The maximum Gasteiger partial charge on any atom is 0.236 e. The standard InChI is InChI=1S/C14H22N2O2/c1-4-9-15-14(17)11(2)16-10-12-5-7-13(18-3)8-6-12/h5-8,11,16H,4,9-10H2,1-3H3,(H,15,17). The zero-order chi connectivity index (χ0) is 13.4. The lowest BCUT2D eigenvalue weighted by Gasteiger charge is -2.13. The zero-order valence-electron chi connectivity index (χ0n) is 11.3. The number of rotatable bonds is 7. The largest absolute Gasteiger partial charge is 0.497 e. The van der Waals surface area contributed by atoms with E-state index in [4.69, 9.17) is 4.74 Å². The molecule has 0 saturated carbocycles. The normalized spacial score (nSPS) is 11.9. The van der Waals surface area contributed by atoms with E-state index < -0.39 is 0 Å². The van der Waals surface area contributed by atoms with Gasteiger partial charge in [-0.25, -0.2) is 0 Å². The molecule has 0 aliphatic heterocycles. The van der Waals surface area contributed by atoms with Crippen LogP contribution < -0.4 is 15.4 Å². The minimum atomic E-state index is -0.182. The summed E-state index contributed by atoms with van der Waals surface area (Å²) in [5.41, 5.74) is 1.13. The lowest BCUT2D eigenvalue weighted by Crippen LogP contribution is -2.42. The highest BCUT2D eigenvalue weighted by Gasteiger charge is 2.10. The number of benzene rings is 1. The quantitative estimate of drug-likeness (QED) is 0.774. The molecule has 0 fully saturated rings. The summed E-state index contributed by atoms with van der Waals surface area (Å²) in [5.74, 6) is 0.887. The highest BCUT2D eigenvalue weighted by atomic mass is 16.5. The van der Waals surface area contributed by atoms with Crippen molar-refractivity contribution in [3.8, 4) is 5.75 Å². The molecule has 0 heterocycles. The summed E-state index contributed by atoms with van der Waals surface area (Å²) in [6.45, 7) is 5.31. The Labute approximate surface area is 109 Å². The van der Waals surface area contributed by atoms with Crippen LogP contribution in [0.1, 0.15) is 25.8 Å². The van der Waals surface area contributed by atoms with E-state index in [2.05, 4.69) is 10.6 Å². The number of amides is 1. The Morgan fingerprint density at radius 3 is 2.56 bits per heavy atom. The first-order valence-electron chi connectivity index (χ1n) is 6.31. The molecule has 1 atom stereocenters. The number of hydrogen-bond acceptors (Lipinski definition) is 3. The van der Waals surface area contributed by atoms with E-state index in [0.717, 1.165) is 24.3 Å². The monoisotopic (exact) mass is 250 g/mol. The Morgan fingerprint density at radius 1 is 1.33 bits per heavy atom. The fourth-order valence-corrected chi connectivity index (χ4v) is 1.51. The number of hydrogen-bond donors (Lipinski definition) is 2. The van der Waals surface area contributed by atoms with Gasteiger partial charge in [-0.3, -0.25) is 4.79 Å². The Morgan fingerprint density at radius 2 is 2.00 bits per heavy atom. The second-order valence-electron chi connectivity index (χ2n) is 4.24. The van der Waals surface area contributed by atoms with E-state index >= 15 is 0 Å². The molecule has 0 radical (unpaired) electrons. The topological polar surface area (TPSA) is 50.4 Å². The Hall–Kier alpha value is -1.55. The first-order chi connectivity index (χ1) is 8.67. The average molecular weight is 250 g/mol. The van der Waals surface area contributed by atoms with Crippen molar-refractivity contribution in [3.63, 3.8) is 0 Å². The fraction of sp³-hybridized carbons (Fsp3) is 0.500. The van der Waals surface area contributed by atoms with Crippen LogP contribution in [0.15, 0.2) is 24.3 Å². The van der Waals surface area contributed by atoms with Gasteiger partial charge in [0.25, 0.3) is 0 Å². The van der Waals surface area contributed by atoms with E-state index in [1.165, 1.54) is 0 Å². The van der Waals surface area contributed by atoms with E-state index in [9.17, 15) is 4.79 Å². The van der Waals surface area contributed by atoms with Crippen LogP contribution >= 0.6 is 0 Å². The molecule has 1 aromatic carbocycles. The van der Waals surface area contributed by atoms with Crippen molar-refractivity contribution in [2.45, 2.75) is 32.9 Å².